The second kappa shape index (κ2) is 6.01. The predicted molar refractivity (Wildman–Crippen MR) is 75.3 cm³/mol. The van der Waals surface area contributed by atoms with Crippen LogP contribution >= 0.6 is 15.9 Å². The molecular formula is C15H21BrO. The van der Waals surface area contributed by atoms with Crippen LogP contribution in [0.2, 0.25) is 0 Å². The largest absolute Gasteiger partial charge is 0.377 e. The highest BCUT2D eigenvalue weighted by atomic mass is 79.9. The maximum atomic E-state index is 5.77. The molecule has 1 aromatic rings. The number of hydrogen-bond donors (Lipinski definition) is 0. The summed E-state index contributed by atoms with van der Waals surface area (Å²) in [4.78, 5) is 0. The zero-order valence-electron chi connectivity index (χ0n) is 10.5. The van der Waals surface area contributed by atoms with Crippen LogP contribution in [0.15, 0.2) is 30.3 Å². The third-order valence-electron chi connectivity index (χ3n) is 3.80. The topological polar surface area (TPSA) is 9.23 Å². The first-order chi connectivity index (χ1) is 8.24. The SMILES string of the molecule is CC(CBr)(CCOCc1ccccc1)C1CC1. The molecule has 0 spiro atoms. The van der Waals surface area contributed by atoms with Crippen LogP contribution in [0.25, 0.3) is 0 Å². The van der Waals surface area contributed by atoms with Gasteiger partial charge in [0.25, 0.3) is 0 Å². The molecule has 1 aromatic carbocycles. The van der Waals surface area contributed by atoms with Crippen molar-refractivity contribution in [2.45, 2.75) is 32.8 Å². The van der Waals surface area contributed by atoms with Gasteiger partial charge in [0.05, 0.1) is 6.61 Å². The van der Waals surface area contributed by atoms with E-state index in [4.69, 9.17) is 4.74 Å². The van der Waals surface area contributed by atoms with Crippen LogP contribution in [-0.2, 0) is 11.3 Å². The minimum absolute atomic E-state index is 0.441. The van der Waals surface area contributed by atoms with Crippen LogP contribution in [0.5, 0.6) is 0 Å². The zero-order valence-corrected chi connectivity index (χ0v) is 12.1. The molecule has 0 bridgehead atoms. The highest BCUT2D eigenvalue weighted by Gasteiger charge is 2.40. The van der Waals surface area contributed by atoms with Gasteiger partial charge in [-0.15, -0.1) is 0 Å². The molecule has 1 aliphatic rings. The summed E-state index contributed by atoms with van der Waals surface area (Å²) >= 11 is 3.65. The Morgan fingerprint density at radius 3 is 2.59 bits per heavy atom. The van der Waals surface area contributed by atoms with Crippen molar-refractivity contribution in [1.82, 2.24) is 0 Å². The summed E-state index contributed by atoms with van der Waals surface area (Å²) < 4.78 is 5.77. The molecule has 1 saturated carbocycles. The Labute approximate surface area is 113 Å². The van der Waals surface area contributed by atoms with E-state index in [1.54, 1.807) is 0 Å². The Bertz CT molecular complexity index is 334. The fraction of sp³-hybridized carbons (Fsp3) is 0.600. The van der Waals surface area contributed by atoms with Crippen molar-refractivity contribution >= 4 is 15.9 Å². The zero-order chi connectivity index (χ0) is 12.1. The maximum Gasteiger partial charge on any atom is 0.0716 e. The standard InChI is InChI=1S/C15H21BrO/c1-15(12-16,14-7-8-14)9-10-17-11-13-5-3-2-4-6-13/h2-6,14H,7-12H2,1H3. The summed E-state index contributed by atoms with van der Waals surface area (Å²) in [6, 6.07) is 10.4. The van der Waals surface area contributed by atoms with Crippen molar-refractivity contribution in [1.29, 1.82) is 0 Å². The Balaban J connectivity index is 1.69. The molecule has 1 fully saturated rings. The first-order valence-corrected chi connectivity index (χ1v) is 7.54. The summed E-state index contributed by atoms with van der Waals surface area (Å²) in [5, 5.41) is 1.10. The lowest BCUT2D eigenvalue weighted by molar-refractivity contribution is 0.0877. The van der Waals surface area contributed by atoms with Crippen LogP contribution < -0.4 is 0 Å². The minimum atomic E-state index is 0.441. The monoisotopic (exact) mass is 296 g/mol. The predicted octanol–water partition coefficient (Wildman–Crippen LogP) is 4.40. The lowest BCUT2D eigenvalue weighted by Crippen LogP contribution is -2.23. The van der Waals surface area contributed by atoms with Crippen molar-refractivity contribution in [3.63, 3.8) is 0 Å². The van der Waals surface area contributed by atoms with Crippen molar-refractivity contribution in [2.75, 3.05) is 11.9 Å². The molecule has 0 radical (unpaired) electrons. The van der Waals surface area contributed by atoms with Gasteiger partial charge < -0.3 is 4.74 Å². The Morgan fingerprint density at radius 1 is 1.29 bits per heavy atom. The van der Waals surface area contributed by atoms with Crippen LogP contribution in [0.3, 0.4) is 0 Å². The first kappa shape index (κ1) is 13.1. The lowest BCUT2D eigenvalue weighted by atomic mass is 9.84. The molecule has 2 rings (SSSR count). The van der Waals surface area contributed by atoms with E-state index >= 15 is 0 Å². The van der Waals surface area contributed by atoms with Gasteiger partial charge in [-0.05, 0) is 36.2 Å². The Morgan fingerprint density at radius 2 is 2.00 bits per heavy atom. The molecule has 1 nitrogen and oxygen atoms in total. The summed E-state index contributed by atoms with van der Waals surface area (Å²) in [6.07, 6.45) is 3.97. The Hall–Kier alpha value is -0.340. The van der Waals surface area contributed by atoms with Crippen LogP contribution in [0.4, 0.5) is 0 Å². The van der Waals surface area contributed by atoms with E-state index < -0.39 is 0 Å². The van der Waals surface area contributed by atoms with Crippen molar-refractivity contribution in [3.8, 4) is 0 Å². The molecule has 0 N–H and O–H groups in total. The molecule has 2 heteroatoms. The summed E-state index contributed by atoms with van der Waals surface area (Å²) in [7, 11) is 0. The third-order valence-corrected chi connectivity index (χ3v) is 5.08. The van der Waals surface area contributed by atoms with E-state index in [9.17, 15) is 0 Å². The first-order valence-electron chi connectivity index (χ1n) is 6.42. The average Bonchev–Trinajstić information content (AvgIpc) is 3.20. The average molecular weight is 297 g/mol. The summed E-state index contributed by atoms with van der Waals surface area (Å²) in [6.45, 7) is 3.99. The van der Waals surface area contributed by atoms with Gasteiger partial charge >= 0.3 is 0 Å². The molecule has 1 aliphatic carbocycles. The van der Waals surface area contributed by atoms with Gasteiger partial charge in [-0.1, -0.05) is 53.2 Å². The van der Waals surface area contributed by atoms with Crippen LogP contribution in [-0.4, -0.2) is 11.9 Å². The normalized spacial score (nSPS) is 18.9. The molecule has 0 amide bonds. The molecular weight excluding hydrogens is 276 g/mol. The van der Waals surface area contributed by atoms with E-state index in [1.807, 2.05) is 6.07 Å². The molecule has 94 valence electrons. The van der Waals surface area contributed by atoms with Crippen molar-refractivity contribution in [3.05, 3.63) is 35.9 Å². The molecule has 0 saturated heterocycles. The molecule has 0 aromatic heterocycles. The molecule has 0 heterocycles. The van der Waals surface area contributed by atoms with Gasteiger partial charge in [-0.25, -0.2) is 0 Å². The number of benzene rings is 1. The summed E-state index contributed by atoms with van der Waals surface area (Å²) in [5.74, 6) is 0.919. The van der Waals surface area contributed by atoms with Gasteiger partial charge in [0.2, 0.25) is 0 Å². The number of ether oxygens (including phenoxy) is 1. The third kappa shape index (κ3) is 3.82. The van der Waals surface area contributed by atoms with Crippen molar-refractivity contribution in [2.24, 2.45) is 11.3 Å². The Kier molecular flexibility index (Phi) is 4.63. The lowest BCUT2D eigenvalue weighted by Gasteiger charge is -2.27. The second-order valence-electron chi connectivity index (χ2n) is 5.35. The van der Waals surface area contributed by atoms with Gasteiger partial charge in [0.15, 0.2) is 0 Å². The van der Waals surface area contributed by atoms with Crippen LogP contribution in [0.1, 0.15) is 31.7 Å². The van der Waals surface area contributed by atoms with E-state index in [0.717, 1.165) is 30.9 Å². The molecule has 0 aliphatic heterocycles. The van der Waals surface area contributed by atoms with Crippen molar-refractivity contribution < 1.29 is 4.74 Å². The van der Waals surface area contributed by atoms with Gasteiger partial charge in [-0.3, -0.25) is 0 Å². The van der Waals surface area contributed by atoms with E-state index in [0.29, 0.717) is 5.41 Å². The van der Waals surface area contributed by atoms with Gasteiger partial charge in [-0.2, -0.15) is 0 Å². The highest BCUT2D eigenvalue weighted by Crippen LogP contribution is 2.48. The number of rotatable bonds is 7. The second-order valence-corrected chi connectivity index (χ2v) is 5.91. The van der Waals surface area contributed by atoms with Gasteiger partial charge in [0.1, 0.15) is 0 Å². The van der Waals surface area contributed by atoms with E-state index in [-0.39, 0.29) is 0 Å². The van der Waals surface area contributed by atoms with E-state index in [2.05, 4.69) is 47.1 Å². The van der Waals surface area contributed by atoms with E-state index in [1.165, 1.54) is 18.4 Å². The number of alkyl halides is 1. The van der Waals surface area contributed by atoms with Gasteiger partial charge in [0, 0.05) is 11.9 Å². The molecule has 1 unspecified atom stereocenters. The molecule has 1 atom stereocenters. The fourth-order valence-corrected chi connectivity index (χ4v) is 2.97. The number of halogens is 1. The maximum absolute atomic E-state index is 5.77. The minimum Gasteiger partial charge on any atom is -0.377 e. The quantitative estimate of drug-likeness (QED) is 0.535. The molecule has 17 heavy (non-hydrogen) atoms. The summed E-state index contributed by atoms with van der Waals surface area (Å²) in [5.41, 5.74) is 1.70. The van der Waals surface area contributed by atoms with Crippen LogP contribution in [0, 0.1) is 11.3 Å². The number of hydrogen-bond acceptors (Lipinski definition) is 1. The smallest absolute Gasteiger partial charge is 0.0716 e. The highest BCUT2D eigenvalue weighted by molar-refractivity contribution is 9.09. The fourth-order valence-electron chi connectivity index (χ4n) is 2.23.